The Hall–Kier alpha value is -3.17. The molecule has 0 fully saturated rings. The van der Waals surface area contributed by atoms with Gasteiger partial charge in [-0.05, 0) is 47.5 Å². The molecule has 0 bridgehead atoms. The summed E-state index contributed by atoms with van der Waals surface area (Å²) in [6.45, 7) is 7.33. The quantitative estimate of drug-likeness (QED) is 0.232. The van der Waals surface area contributed by atoms with E-state index in [-0.39, 0.29) is 12.1 Å². The van der Waals surface area contributed by atoms with E-state index in [4.69, 9.17) is 4.74 Å². The molecule has 0 spiro atoms. The highest BCUT2D eigenvalue weighted by Crippen LogP contribution is 2.45. The van der Waals surface area contributed by atoms with Crippen molar-refractivity contribution in [3.63, 3.8) is 0 Å². The lowest BCUT2D eigenvalue weighted by Crippen LogP contribution is -2.09. The lowest BCUT2D eigenvalue weighted by atomic mass is 9.96. The molecule has 0 aliphatic heterocycles. The van der Waals surface area contributed by atoms with Crippen molar-refractivity contribution in [1.82, 2.24) is 0 Å². The van der Waals surface area contributed by atoms with Crippen molar-refractivity contribution in [3.8, 4) is 0 Å². The molecule has 0 saturated carbocycles. The van der Waals surface area contributed by atoms with Gasteiger partial charge in [-0.2, -0.15) is 0 Å². The Morgan fingerprint density at radius 2 is 1.59 bits per heavy atom. The van der Waals surface area contributed by atoms with Gasteiger partial charge in [0.05, 0.1) is 0 Å². The summed E-state index contributed by atoms with van der Waals surface area (Å²) in [6.07, 6.45) is -0.356. The topological polar surface area (TPSA) is 26.3 Å². The Bertz CT molecular complexity index is 1440. The van der Waals surface area contributed by atoms with Gasteiger partial charge in [0.15, 0.2) is 0 Å². The first-order valence-corrected chi connectivity index (χ1v) is 10.5. The smallest absolute Gasteiger partial charge is 0.333 e. The summed E-state index contributed by atoms with van der Waals surface area (Å²) in [6, 6.07) is 23.5. The molecule has 1 atom stereocenters. The van der Waals surface area contributed by atoms with Crippen LogP contribution in [0.25, 0.3) is 41.7 Å². The average Bonchev–Trinajstić information content (AvgIpc) is 3.13. The predicted octanol–water partition coefficient (Wildman–Crippen LogP) is 7.54. The fourth-order valence-corrected chi connectivity index (χ4v) is 5.37. The van der Waals surface area contributed by atoms with Crippen molar-refractivity contribution >= 4 is 59.0 Å². The number of carbonyl (C=O) groups excluding carboxylic acids is 1. The second-order valence-corrected chi connectivity index (χ2v) is 8.53. The average molecular weight is 397 g/mol. The van der Waals surface area contributed by atoms with E-state index in [1.807, 2.05) is 6.92 Å². The van der Waals surface area contributed by atoms with Gasteiger partial charge >= 0.3 is 5.97 Å². The van der Waals surface area contributed by atoms with E-state index in [2.05, 4.69) is 73.3 Å². The lowest BCUT2D eigenvalue weighted by molar-refractivity contribution is -0.143. The largest absolute Gasteiger partial charge is 0.454 e. The molecule has 2 nitrogen and oxygen atoms in total. The van der Waals surface area contributed by atoms with Crippen LogP contribution in [-0.4, -0.2) is 5.97 Å². The van der Waals surface area contributed by atoms with E-state index in [0.29, 0.717) is 5.57 Å². The number of thiophene rings is 1. The maximum absolute atomic E-state index is 12.2. The molecule has 0 amide bonds. The number of esters is 1. The van der Waals surface area contributed by atoms with Crippen LogP contribution in [0.1, 0.15) is 25.5 Å². The van der Waals surface area contributed by atoms with Gasteiger partial charge in [0, 0.05) is 31.3 Å². The lowest BCUT2D eigenvalue weighted by Gasteiger charge is -2.16. The molecule has 142 valence electrons. The number of hydrogen-bond donors (Lipinski definition) is 0. The highest BCUT2D eigenvalue weighted by molar-refractivity contribution is 7.26. The van der Waals surface area contributed by atoms with Crippen molar-refractivity contribution in [2.75, 3.05) is 0 Å². The van der Waals surface area contributed by atoms with Gasteiger partial charge in [-0.3, -0.25) is 0 Å². The third-order valence-electron chi connectivity index (χ3n) is 5.45. The number of benzene rings is 4. The van der Waals surface area contributed by atoms with Crippen LogP contribution in [0, 0.1) is 0 Å². The van der Waals surface area contributed by atoms with Crippen LogP contribution in [-0.2, 0) is 9.53 Å². The Kier molecular flexibility index (Phi) is 4.14. The number of ether oxygens (including phenoxy) is 1. The summed E-state index contributed by atoms with van der Waals surface area (Å²) in [5, 5.41) is 7.39. The fraction of sp³-hybridized carbons (Fsp3) is 0.115. The molecule has 0 aliphatic rings. The van der Waals surface area contributed by atoms with Gasteiger partial charge in [-0.15, -0.1) is 11.3 Å². The zero-order valence-corrected chi connectivity index (χ0v) is 17.2. The Balaban J connectivity index is 1.90. The van der Waals surface area contributed by atoms with E-state index in [1.54, 1.807) is 18.3 Å². The van der Waals surface area contributed by atoms with Crippen molar-refractivity contribution in [1.29, 1.82) is 0 Å². The van der Waals surface area contributed by atoms with Crippen LogP contribution < -0.4 is 0 Å². The molecule has 4 aromatic carbocycles. The van der Waals surface area contributed by atoms with Crippen LogP contribution in [0.5, 0.6) is 0 Å². The summed E-state index contributed by atoms with van der Waals surface area (Å²) < 4.78 is 8.13. The van der Waals surface area contributed by atoms with Crippen LogP contribution in [0.3, 0.4) is 0 Å². The summed E-state index contributed by atoms with van der Waals surface area (Å²) >= 11 is 1.77. The number of fused-ring (bicyclic) bond motifs is 7. The van der Waals surface area contributed by atoms with Gasteiger partial charge in [0.1, 0.15) is 6.10 Å². The standard InChI is InChI=1S/C26H20O2S/c1-15(2)26(27)28-16(3)21-14-18-9-5-7-11-20(18)24-23-19-10-6-4-8-17(19)12-13-22(23)29-25(21)24/h4-14,16H,1H2,2-3H3/t16-/m1/s1. The molecular weight excluding hydrogens is 376 g/mol. The molecule has 29 heavy (non-hydrogen) atoms. The van der Waals surface area contributed by atoms with Gasteiger partial charge < -0.3 is 4.74 Å². The summed E-state index contributed by atoms with van der Waals surface area (Å²) in [5.74, 6) is -0.356. The first-order chi connectivity index (χ1) is 14.0. The summed E-state index contributed by atoms with van der Waals surface area (Å²) in [4.78, 5) is 12.2. The van der Waals surface area contributed by atoms with E-state index in [9.17, 15) is 4.79 Å². The minimum absolute atomic E-state index is 0.356. The Labute approximate surface area is 173 Å². The van der Waals surface area contributed by atoms with Crippen LogP contribution >= 0.6 is 11.3 Å². The normalized spacial score (nSPS) is 12.6. The van der Waals surface area contributed by atoms with E-state index in [0.717, 1.165) is 10.9 Å². The number of hydrogen-bond acceptors (Lipinski definition) is 3. The zero-order valence-electron chi connectivity index (χ0n) is 16.4. The Morgan fingerprint density at radius 3 is 2.31 bits per heavy atom. The Morgan fingerprint density at radius 1 is 0.931 bits per heavy atom. The molecule has 1 aromatic heterocycles. The molecule has 0 aliphatic carbocycles. The maximum Gasteiger partial charge on any atom is 0.333 e. The van der Waals surface area contributed by atoms with Crippen LogP contribution in [0.15, 0.2) is 78.9 Å². The second-order valence-electron chi connectivity index (χ2n) is 7.48. The fourth-order valence-electron chi connectivity index (χ4n) is 4.04. The van der Waals surface area contributed by atoms with Gasteiger partial charge in [0.25, 0.3) is 0 Å². The SMILES string of the molecule is C=C(C)C(=O)O[C@H](C)c1cc2ccccc2c2c1sc1ccc3ccccc3c12. The molecule has 1 heterocycles. The summed E-state index contributed by atoms with van der Waals surface area (Å²) in [5.41, 5.74) is 1.45. The molecule has 0 saturated heterocycles. The highest BCUT2D eigenvalue weighted by Gasteiger charge is 2.20. The molecule has 5 aromatic rings. The van der Waals surface area contributed by atoms with E-state index in [1.165, 1.54) is 36.3 Å². The van der Waals surface area contributed by atoms with Crippen LogP contribution in [0.4, 0.5) is 0 Å². The zero-order chi connectivity index (χ0) is 20.1. The van der Waals surface area contributed by atoms with Crippen molar-refractivity contribution in [2.45, 2.75) is 20.0 Å². The third kappa shape index (κ3) is 2.81. The second kappa shape index (κ2) is 6.71. The van der Waals surface area contributed by atoms with Crippen LogP contribution in [0.2, 0.25) is 0 Å². The van der Waals surface area contributed by atoms with E-state index >= 15 is 0 Å². The number of rotatable bonds is 3. The van der Waals surface area contributed by atoms with Crippen molar-refractivity contribution < 1.29 is 9.53 Å². The minimum atomic E-state index is -0.356. The van der Waals surface area contributed by atoms with Gasteiger partial charge in [-0.1, -0.05) is 61.2 Å². The van der Waals surface area contributed by atoms with Crippen molar-refractivity contribution in [3.05, 3.63) is 84.4 Å². The molecule has 0 N–H and O–H groups in total. The van der Waals surface area contributed by atoms with Gasteiger partial charge in [-0.25, -0.2) is 4.79 Å². The molecule has 5 rings (SSSR count). The first kappa shape index (κ1) is 17.9. The molecule has 0 unspecified atom stereocenters. The highest BCUT2D eigenvalue weighted by atomic mass is 32.1. The molecule has 3 heteroatoms. The first-order valence-electron chi connectivity index (χ1n) is 9.66. The number of carbonyl (C=O) groups is 1. The van der Waals surface area contributed by atoms with Crippen molar-refractivity contribution in [2.24, 2.45) is 0 Å². The molecule has 0 radical (unpaired) electrons. The maximum atomic E-state index is 12.2. The predicted molar refractivity (Wildman–Crippen MR) is 124 cm³/mol. The summed E-state index contributed by atoms with van der Waals surface area (Å²) in [7, 11) is 0. The minimum Gasteiger partial charge on any atom is -0.454 e. The third-order valence-corrected chi connectivity index (χ3v) is 6.66. The monoisotopic (exact) mass is 396 g/mol. The van der Waals surface area contributed by atoms with E-state index < -0.39 is 0 Å². The molecular formula is C26H20O2S. The van der Waals surface area contributed by atoms with Gasteiger partial charge in [0.2, 0.25) is 0 Å².